The van der Waals surface area contributed by atoms with Crippen molar-refractivity contribution < 1.29 is 12.8 Å². The normalized spacial score (nSPS) is 19.4. The van der Waals surface area contributed by atoms with Crippen molar-refractivity contribution in [1.82, 2.24) is 19.9 Å². The quantitative estimate of drug-likeness (QED) is 0.848. The Balaban J connectivity index is 1.64. The van der Waals surface area contributed by atoms with E-state index in [2.05, 4.69) is 19.9 Å². The largest absolute Gasteiger partial charge is 0.419 e. The number of nitrogens with zero attached hydrogens (tertiary/aromatic N) is 2. The predicted octanol–water partition coefficient (Wildman–Crippen LogP) is 3.17. The van der Waals surface area contributed by atoms with E-state index >= 15 is 0 Å². The Morgan fingerprint density at radius 1 is 1.08 bits per heavy atom. The van der Waals surface area contributed by atoms with Crippen LogP contribution in [0.25, 0.3) is 11.6 Å². The summed E-state index contributed by atoms with van der Waals surface area (Å²) >= 11 is 0. The zero-order chi connectivity index (χ0) is 17.6. The second-order valence-corrected chi connectivity index (χ2v) is 8.91. The highest BCUT2D eigenvalue weighted by Gasteiger charge is 2.32. The van der Waals surface area contributed by atoms with Crippen LogP contribution in [0, 0.1) is 13.8 Å². The van der Waals surface area contributed by atoms with Crippen molar-refractivity contribution in [1.29, 1.82) is 0 Å². The molecule has 0 unspecified atom stereocenters. The van der Waals surface area contributed by atoms with E-state index in [1.54, 1.807) is 13.8 Å². The maximum absolute atomic E-state index is 12.9. The fourth-order valence-electron chi connectivity index (χ4n) is 3.68. The number of aromatic nitrogens is 3. The minimum atomic E-state index is -3.58. The van der Waals surface area contributed by atoms with Crippen LogP contribution in [0.5, 0.6) is 0 Å². The number of sulfonamides is 1. The molecule has 2 saturated carbocycles. The maximum atomic E-state index is 12.9. The molecule has 2 aliphatic rings. The van der Waals surface area contributed by atoms with E-state index in [0.717, 1.165) is 38.5 Å². The summed E-state index contributed by atoms with van der Waals surface area (Å²) in [5, 5.41) is 8.19. The maximum Gasteiger partial charge on any atom is 0.264 e. The zero-order valence-corrected chi connectivity index (χ0v) is 15.4. The van der Waals surface area contributed by atoms with E-state index in [1.807, 2.05) is 0 Å². The van der Waals surface area contributed by atoms with Crippen molar-refractivity contribution in [3.05, 3.63) is 17.1 Å². The standard InChI is InChI=1S/C17H24N4O3S/c1-10-14(17-20-19-16(24-17)12-8-9-12)18-11(2)15(10)25(22,23)21-13-6-4-3-5-7-13/h12-13,18,21H,3-9H2,1-2H3. The number of hydrogen-bond acceptors (Lipinski definition) is 5. The fourth-order valence-corrected chi connectivity index (χ4v) is 5.43. The van der Waals surface area contributed by atoms with Crippen LogP contribution >= 0.6 is 0 Å². The average Bonchev–Trinajstić information content (AvgIpc) is 3.21. The van der Waals surface area contributed by atoms with Gasteiger partial charge in [-0.1, -0.05) is 19.3 Å². The number of aryl methyl sites for hydroxylation is 1. The minimum Gasteiger partial charge on any atom is -0.419 e. The molecule has 2 heterocycles. The SMILES string of the molecule is Cc1[nH]c(-c2nnc(C3CC3)o2)c(C)c1S(=O)(=O)NC1CCCCC1. The molecule has 136 valence electrons. The summed E-state index contributed by atoms with van der Waals surface area (Å²) in [7, 11) is -3.58. The Kier molecular flexibility index (Phi) is 4.19. The van der Waals surface area contributed by atoms with Gasteiger partial charge in [-0.3, -0.25) is 0 Å². The molecule has 0 bridgehead atoms. The molecule has 0 saturated heterocycles. The second-order valence-electron chi connectivity index (χ2n) is 7.26. The van der Waals surface area contributed by atoms with Gasteiger partial charge >= 0.3 is 0 Å². The highest BCUT2D eigenvalue weighted by Crippen LogP contribution is 2.40. The van der Waals surface area contributed by atoms with Gasteiger partial charge < -0.3 is 9.40 Å². The van der Waals surface area contributed by atoms with Crippen LogP contribution < -0.4 is 4.72 Å². The third-order valence-corrected chi connectivity index (χ3v) is 6.94. The molecule has 2 aliphatic carbocycles. The lowest BCUT2D eigenvalue weighted by Crippen LogP contribution is -2.36. The highest BCUT2D eigenvalue weighted by atomic mass is 32.2. The third-order valence-electron chi connectivity index (χ3n) is 5.15. The van der Waals surface area contributed by atoms with E-state index in [-0.39, 0.29) is 6.04 Å². The Morgan fingerprint density at radius 2 is 1.80 bits per heavy atom. The van der Waals surface area contributed by atoms with Crippen LogP contribution in [0.2, 0.25) is 0 Å². The van der Waals surface area contributed by atoms with Crippen LogP contribution in [0.1, 0.15) is 68.0 Å². The van der Waals surface area contributed by atoms with E-state index in [0.29, 0.717) is 39.5 Å². The van der Waals surface area contributed by atoms with Gasteiger partial charge in [0.25, 0.3) is 5.89 Å². The van der Waals surface area contributed by atoms with Gasteiger partial charge in [0.2, 0.25) is 15.9 Å². The van der Waals surface area contributed by atoms with Gasteiger partial charge in [-0.15, -0.1) is 10.2 Å². The molecule has 0 radical (unpaired) electrons. The first kappa shape index (κ1) is 16.8. The lowest BCUT2D eigenvalue weighted by molar-refractivity contribution is 0.412. The monoisotopic (exact) mass is 364 g/mol. The summed E-state index contributed by atoms with van der Waals surface area (Å²) in [6, 6.07) is 0.0285. The molecule has 2 aromatic heterocycles. The Bertz CT molecular complexity index is 874. The lowest BCUT2D eigenvalue weighted by Gasteiger charge is -2.22. The van der Waals surface area contributed by atoms with Gasteiger partial charge in [0.1, 0.15) is 10.6 Å². The molecule has 0 aromatic carbocycles. The summed E-state index contributed by atoms with van der Waals surface area (Å²) in [6.45, 7) is 3.55. The first-order chi connectivity index (χ1) is 12.0. The van der Waals surface area contributed by atoms with Gasteiger partial charge in [0, 0.05) is 17.7 Å². The molecule has 0 atom stereocenters. The summed E-state index contributed by atoms with van der Waals surface area (Å²) in [5.41, 5.74) is 1.83. The van der Waals surface area contributed by atoms with Gasteiger partial charge in [0.15, 0.2) is 0 Å². The summed E-state index contributed by atoms with van der Waals surface area (Å²) in [4.78, 5) is 3.43. The number of aromatic amines is 1. The fraction of sp³-hybridized carbons (Fsp3) is 0.647. The van der Waals surface area contributed by atoms with E-state index in [4.69, 9.17) is 4.42 Å². The first-order valence-electron chi connectivity index (χ1n) is 9.01. The minimum absolute atomic E-state index is 0.0285. The molecular weight excluding hydrogens is 340 g/mol. The average molecular weight is 364 g/mol. The van der Waals surface area contributed by atoms with Gasteiger partial charge in [0.05, 0.1) is 0 Å². The Labute approximate surface area is 147 Å². The van der Waals surface area contributed by atoms with Crippen molar-refractivity contribution in [2.75, 3.05) is 0 Å². The van der Waals surface area contributed by atoms with Gasteiger partial charge in [-0.25, -0.2) is 13.1 Å². The van der Waals surface area contributed by atoms with Crippen LogP contribution in [0.4, 0.5) is 0 Å². The van der Waals surface area contributed by atoms with Gasteiger partial charge in [-0.2, -0.15) is 0 Å². The molecule has 0 spiro atoms. The Morgan fingerprint density at radius 3 is 2.48 bits per heavy atom. The number of rotatable bonds is 5. The van der Waals surface area contributed by atoms with E-state index in [1.165, 1.54) is 6.42 Å². The van der Waals surface area contributed by atoms with Crippen molar-refractivity contribution in [2.45, 2.75) is 75.6 Å². The number of H-pyrrole nitrogens is 1. The first-order valence-corrected chi connectivity index (χ1v) is 10.5. The molecule has 0 amide bonds. The van der Waals surface area contributed by atoms with Crippen LogP contribution in [0.15, 0.2) is 9.31 Å². The number of nitrogens with one attached hydrogen (secondary N) is 2. The predicted molar refractivity (Wildman–Crippen MR) is 92.7 cm³/mol. The molecule has 2 aromatic rings. The molecule has 2 N–H and O–H groups in total. The van der Waals surface area contributed by atoms with Crippen LogP contribution in [-0.4, -0.2) is 29.6 Å². The topological polar surface area (TPSA) is 101 Å². The molecule has 7 nitrogen and oxygen atoms in total. The molecule has 0 aliphatic heterocycles. The van der Waals surface area contributed by atoms with E-state index < -0.39 is 10.0 Å². The molecule has 25 heavy (non-hydrogen) atoms. The van der Waals surface area contributed by atoms with E-state index in [9.17, 15) is 8.42 Å². The highest BCUT2D eigenvalue weighted by molar-refractivity contribution is 7.89. The van der Waals surface area contributed by atoms with Crippen molar-refractivity contribution in [2.24, 2.45) is 0 Å². The van der Waals surface area contributed by atoms with Crippen molar-refractivity contribution in [3.8, 4) is 11.6 Å². The lowest BCUT2D eigenvalue weighted by atomic mass is 9.96. The van der Waals surface area contributed by atoms with Crippen LogP contribution in [-0.2, 0) is 10.0 Å². The summed E-state index contributed by atoms with van der Waals surface area (Å²) < 4.78 is 34.4. The smallest absolute Gasteiger partial charge is 0.264 e. The van der Waals surface area contributed by atoms with Crippen LogP contribution in [0.3, 0.4) is 0 Å². The van der Waals surface area contributed by atoms with Crippen molar-refractivity contribution in [3.63, 3.8) is 0 Å². The molecule has 2 fully saturated rings. The summed E-state index contributed by atoms with van der Waals surface area (Å²) in [6.07, 6.45) is 7.31. The second kappa shape index (κ2) is 6.25. The third kappa shape index (κ3) is 3.25. The zero-order valence-electron chi connectivity index (χ0n) is 14.6. The molecular formula is C17H24N4O3S. The molecule has 4 rings (SSSR count). The Hall–Kier alpha value is -1.67. The van der Waals surface area contributed by atoms with Crippen molar-refractivity contribution >= 4 is 10.0 Å². The summed E-state index contributed by atoms with van der Waals surface area (Å²) in [5.74, 6) is 1.38. The molecule has 8 heteroatoms. The van der Waals surface area contributed by atoms with Gasteiger partial charge in [-0.05, 0) is 45.1 Å². The number of hydrogen-bond donors (Lipinski definition) is 2.